The largest absolute Gasteiger partial charge is 0.389 e. The van der Waals surface area contributed by atoms with E-state index in [2.05, 4.69) is 5.32 Å². The van der Waals surface area contributed by atoms with Crippen LogP contribution in [-0.2, 0) is 11.2 Å². The first kappa shape index (κ1) is 15.1. The maximum Gasteiger partial charge on any atom is 0.228 e. The lowest BCUT2D eigenvalue weighted by Crippen LogP contribution is -2.15. The van der Waals surface area contributed by atoms with Crippen molar-refractivity contribution in [1.29, 1.82) is 0 Å². The van der Waals surface area contributed by atoms with Gasteiger partial charge in [0.05, 0.1) is 12.5 Å². The van der Waals surface area contributed by atoms with Crippen LogP contribution in [0.25, 0.3) is 0 Å². The van der Waals surface area contributed by atoms with Gasteiger partial charge in [0.1, 0.15) is 0 Å². The third kappa shape index (κ3) is 3.86. The van der Waals surface area contributed by atoms with Crippen LogP contribution < -0.4 is 5.32 Å². The first-order chi connectivity index (χ1) is 9.97. The number of benzene rings is 2. The van der Waals surface area contributed by atoms with Gasteiger partial charge in [-0.2, -0.15) is 0 Å². The van der Waals surface area contributed by atoms with Crippen molar-refractivity contribution in [3.8, 4) is 0 Å². The molecule has 0 spiro atoms. The lowest BCUT2D eigenvalue weighted by molar-refractivity contribution is -0.115. The minimum atomic E-state index is -1.00. The predicted octanol–water partition coefficient (Wildman–Crippen LogP) is 3.20. The molecule has 0 fully saturated rings. The number of anilines is 1. The maximum absolute atomic E-state index is 13.5. The van der Waals surface area contributed by atoms with Gasteiger partial charge < -0.3 is 10.4 Å². The Bertz CT molecular complexity index is 639. The van der Waals surface area contributed by atoms with Gasteiger partial charge in [-0.25, -0.2) is 8.78 Å². The summed E-state index contributed by atoms with van der Waals surface area (Å²) < 4.78 is 26.5. The fourth-order valence-electron chi connectivity index (χ4n) is 1.91. The Morgan fingerprint density at radius 3 is 2.48 bits per heavy atom. The molecule has 2 N–H and O–H groups in total. The number of aliphatic hydroxyl groups is 1. The van der Waals surface area contributed by atoms with Crippen molar-refractivity contribution >= 4 is 11.6 Å². The molecule has 1 unspecified atom stereocenters. The van der Waals surface area contributed by atoms with Crippen LogP contribution in [0.15, 0.2) is 42.5 Å². The molecule has 5 heteroatoms. The highest BCUT2D eigenvalue weighted by Crippen LogP contribution is 2.17. The Morgan fingerprint density at radius 1 is 1.19 bits per heavy atom. The lowest BCUT2D eigenvalue weighted by Gasteiger charge is -2.08. The third-order valence-corrected chi connectivity index (χ3v) is 3.06. The number of hydrogen-bond donors (Lipinski definition) is 2. The molecule has 1 atom stereocenters. The number of carbonyl (C=O) groups excluding carboxylic acids is 1. The number of carbonyl (C=O) groups is 1. The summed E-state index contributed by atoms with van der Waals surface area (Å²) in [4.78, 5) is 11.8. The van der Waals surface area contributed by atoms with E-state index in [1.54, 1.807) is 31.2 Å². The van der Waals surface area contributed by atoms with Crippen molar-refractivity contribution in [3.05, 3.63) is 65.2 Å². The molecule has 110 valence electrons. The SMILES string of the molecule is CC(O)c1ccc(NC(=O)Cc2cccc(F)c2F)cc1. The lowest BCUT2D eigenvalue weighted by atomic mass is 10.1. The quantitative estimate of drug-likeness (QED) is 0.909. The number of nitrogens with one attached hydrogen (secondary N) is 1. The van der Waals surface area contributed by atoms with E-state index in [0.29, 0.717) is 5.69 Å². The Balaban J connectivity index is 2.03. The molecule has 2 aromatic carbocycles. The van der Waals surface area contributed by atoms with Gasteiger partial charge in [-0.3, -0.25) is 4.79 Å². The van der Waals surface area contributed by atoms with Crippen LogP contribution in [0.4, 0.5) is 14.5 Å². The number of hydrogen-bond acceptors (Lipinski definition) is 2. The highest BCUT2D eigenvalue weighted by atomic mass is 19.2. The maximum atomic E-state index is 13.5. The fraction of sp³-hybridized carbons (Fsp3) is 0.188. The minimum Gasteiger partial charge on any atom is -0.389 e. The number of amides is 1. The average molecular weight is 291 g/mol. The standard InChI is InChI=1S/C16H15F2NO2/c1-10(20)11-5-7-13(8-6-11)19-15(21)9-12-3-2-4-14(17)16(12)18/h2-8,10,20H,9H2,1H3,(H,19,21). The van der Waals surface area contributed by atoms with E-state index in [9.17, 15) is 18.7 Å². The predicted molar refractivity (Wildman–Crippen MR) is 75.8 cm³/mol. The molecule has 2 aromatic rings. The monoisotopic (exact) mass is 291 g/mol. The van der Waals surface area contributed by atoms with E-state index in [-0.39, 0.29) is 12.0 Å². The molecule has 0 heterocycles. The van der Waals surface area contributed by atoms with Crippen LogP contribution in [0, 0.1) is 11.6 Å². The molecule has 0 radical (unpaired) electrons. The topological polar surface area (TPSA) is 49.3 Å². The molecule has 0 saturated carbocycles. The van der Waals surface area contributed by atoms with Crippen molar-refractivity contribution in [3.63, 3.8) is 0 Å². The second-order valence-corrected chi connectivity index (χ2v) is 4.74. The number of aliphatic hydroxyl groups excluding tert-OH is 1. The second-order valence-electron chi connectivity index (χ2n) is 4.74. The van der Waals surface area contributed by atoms with Gasteiger partial charge in [0, 0.05) is 11.3 Å². The zero-order valence-electron chi connectivity index (χ0n) is 11.4. The van der Waals surface area contributed by atoms with Crippen molar-refractivity contribution in [1.82, 2.24) is 0 Å². The van der Waals surface area contributed by atoms with Crippen molar-refractivity contribution in [2.45, 2.75) is 19.4 Å². The summed E-state index contributed by atoms with van der Waals surface area (Å²) in [6.07, 6.45) is -0.835. The van der Waals surface area contributed by atoms with Crippen LogP contribution >= 0.6 is 0 Å². The molecular formula is C16H15F2NO2. The van der Waals surface area contributed by atoms with Gasteiger partial charge in [0.25, 0.3) is 0 Å². The highest BCUT2D eigenvalue weighted by molar-refractivity contribution is 5.92. The molecule has 3 nitrogen and oxygen atoms in total. The van der Waals surface area contributed by atoms with E-state index in [1.165, 1.54) is 12.1 Å². The number of halogens is 2. The first-order valence-corrected chi connectivity index (χ1v) is 6.48. The molecule has 21 heavy (non-hydrogen) atoms. The Hall–Kier alpha value is -2.27. The van der Waals surface area contributed by atoms with Gasteiger partial charge in [0.2, 0.25) is 5.91 Å². The summed E-state index contributed by atoms with van der Waals surface area (Å²) in [5.74, 6) is -2.41. The summed E-state index contributed by atoms with van der Waals surface area (Å²) in [6.45, 7) is 1.64. The van der Waals surface area contributed by atoms with Gasteiger partial charge >= 0.3 is 0 Å². The molecule has 0 bridgehead atoms. The van der Waals surface area contributed by atoms with Crippen LogP contribution in [0.3, 0.4) is 0 Å². The average Bonchev–Trinajstić information content (AvgIpc) is 2.44. The number of rotatable bonds is 4. The summed E-state index contributed by atoms with van der Waals surface area (Å²) in [5, 5.41) is 12.0. The van der Waals surface area contributed by atoms with Crippen LogP contribution in [0.5, 0.6) is 0 Å². The molecule has 0 aromatic heterocycles. The van der Waals surface area contributed by atoms with Gasteiger partial charge in [-0.05, 0) is 30.7 Å². The summed E-state index contributed by atoms with van der Waals surface area (Å²) >= 11 is 0. The second kappa shape index (κ2) is 6.45. The van der Waals surface area contributed by atoms with Crippen molar-refractivity contribution in [2.75, 3.05) is 5.32 Å². The van der Waals surface area contributed by atoms with E-state index >= 15 is 0 Å². The third-order valence-electron chi connectivity index (χ3n) is 3.06. The fourth-order valence-corrected chi connectivity index (χ4v) is 1.91. The van der Waals surface area contributed by atoms with E-state index in [4.69, 9.17) is 0 Å². The Kier molecular flexibility index (Phi) is 4.65. The zero-order valence-corrected chi connectivity index (χ0v) is 11.4. The van der Waals surface area contributed by atoms with E-state index in [1.807, 2.05) is 0 Å². The molecular weight excluding hydrogens is 276 g/mol. The summed E-state index contributed by atoms with van der Waals surface area (Å²) in [6, 6.07) is 10.4. The van der Waals surface area contributed by atoms with Crippen molar-refractivity contribution in [2.24, 2.45) is 0 Å². The zero-order chi connectivity index (χ0) is 15.4. The molecule has 0 aliphatic heterocycles. The molecule has 0 aliphatic carbocycles. The van der Waals surface area contributed by atoms with Crippen LogP contribution in [0.2, 0.25) is 0 Å². The first-order valence-electron chi connectivity index (χ1n) is 6.48. The Labute approximate surface area is 121 Å². The Morgan fingerprint density at radius 2 is 1.86 bits per heavy atom. The highest BCUT2D eigenvalue weighted by Gasteiger charge is 2.12. The van der Waals surface area contributed by atoms with Crippen LogP contribution in [-0.4, -0.2) is 11.0 Å². The molecule has 2 rings (SSSR count). The normalized spacial score (nSPS) is 12.0. The van der Waals surface area contributed by atoms with Crippen LogP contribution in [0.1, 0.15) is 24.2 Å². The summed E-state index contributed by atoms with van der Waals surface area (Å²) in [5.41, 5.74) is 1.26. The van der Waals surface area contributed by atoms with Gasteiger partial charge in [0.15, 0.2) is 11.6 Å². The van der Waals surface area contributed by atoms with Gasteiger partial charge in [-0.15, -0.1) is 0 Å². The van der Waals surface area contributed by atoms with E-state index in [0.717, 1.165) is 11.6 Å². The smallest absolute Gasteiger partial charge is 0.228 e. The van der Waals surface area contributed by atoms with Gasteiger partial charge in [-0.1, -0.05) is 24.3 Å². The molecule has 1 amide bonds. The molecule has 0 aliphatic rings. The van der Waals surface area contributed by atoms with E-state index < -0.39 is 23.6 Å². The minimum absolute atomic E-state index is 0.00750. The van der Waals surface area contributed by atoms with Crippen molar-refractivity contribution < 1.29 is 18.7 Å². The molecule has 0 saturated heterocycles. The summed E-state index contributed by atoms with van der Waals surface area (Å²) in [7, 11) is 0.